The number of carbonyl (C=O) groups excluding carboxylic acids is 1. The lowest BCUT2D eigenvalue weighted by molar-refractivity contribution is 0.0916. The fourth-order valence-corrected chi connectivity index (χ4v) is 2.36. The summed E-state index contributed by atoms with van der Waals surface area (Å²) in [5.41, 5.74) is 3.11. The maximum atomic E-state index is 12.2. The lowest BCUT2D eigenvalue weighted by Gasteiger charge is -2.13. The van der Waals surface area contributed by atoms with Crippen LogP contribution < -0.4 is 5.32 Å². The largest absolute Gasteiger partial charge is 0.387 e. The van der Waals surface area contributed by atoms with Crippen LogP contribution in [0.4, 0.5) is 0 Å². The van der Waals surface area contributed by atoms with E-state index in [1.807, 2.05) is 31.2 Å². The van der Waals surface area contributed by atoms with Gasteiger partial charge in [-0.25, -0.2) is 0 Å². The highest BCUT2D eigenvalue weighted by Crippen LogP contribution is 2.16. The molecule has 0 saturated heterocycles. The van der Waals surface area contributed by atoms with Crippen molar-refractivity contribution in [3.05, 3.63) is 71.6 Å². The van der Waals surface area contributed by atoms with Crippen molar-refractivity contribution in [1.29, 1.82) is 0 Å². The second-order valence-electron chi connectivity index (χ2n) is 5.47. The van der Waals surface area contributed by atoms with Crippen LogP contribution in [0.2, 0.25) is 0 Å². The van der Waals surface area contributed by atoms with Crippen molar-refractivity contribution in [2.45, 2.75) is 13.0 Å². The van der Waals surface area contributed by atoms with Gasteiger partial charge in [0.05, 0.1) is 6.10 Å². The summed E-state index contributed by atoms with van der Waals surface area (Å²) in [6.45, 7) is 2.11. The van der Waals surface area contributed by atoms with Crippen molar-refractivity contribution in [3.8, 4) is 11.4 Å². The molecule has 1 amide bonds. The molecule has 1 aromatic heterocycles. The zero-order valence-corrected chi connectivity index (χ0v) is 13.1. The van der Waals surface area contributed by atoms with Crippen LogP contribution in [0, 0.1) is 6.92 Å². The smallest absolute Gasteiger partial charge is 0.251 e. The van der Waals surface area contributed by atoms with Gasteiger partial charge >= 0.3 is 0 Å². The summed E-state index contributed by atoms with van der Waals surface area (Å²) in [7, 11) is 0. The molecule has 0 bridgehead atoms. The van der Waals surface area contributed by atoms with Gasteiger partial charge in [-0.15, -0.1) is 0 Å². The van der Waals surface area contributed by atoms with E-state index in [1.54, 1.807) is 24.3 Å². The lowest BCUT2D eigenvalue weighted by Crippen LogP contribution is -2.28. The van der Waals surface area contributed by atoms with Crippen molar-refractivity contribution >= 4 is 5.91 Å². The van der Waals surface area contributed by atoms with E-state index in [0.717, 1.165) is 16.7 Å². The fraction of sp³-hybridized carbons (Fsp3) is 0.167. The van der Waals surface area contributed by atoms with Crippen molar-refractivity contribution in [2.75, 3.05) is 6.54 Å². The molecule has 0 radical (unpaired) electrons. The molecular formula is C18H17N3O3. The van der Waals surface area contributed by atoms with E-state index in [1.165, 1.54) is 6.39 Å². The molecule has 0 spiro atoms. The molecule has 24 heavy (non-hydrogen) atoms. The average molecular weight is 323 g/mol. The first kappa shape index (κ1) is 15.9. The van der Waals surface area contributed by atoms with E-state index in [4.69, 9.17) is 4.52 Å². The number of nitrogens with zero attached hydrogens (tertiary/aromatic N) is 2. The predicted octanol–water partition coefficient (Wildman–Crippen LogP) is 2.51. The third-order valence-electron chi connectivity index (χ3n) is 3.65. The van der Waals surface area contributed by atoms with E-state index in [2.05, 4.69) is 15.5 Å². The van der Waals surface area contributed by atoms with Crippen molar-refractivity contribution in [2.24, 2.45) is 0 Å². The van der Waals surface area contributed by atoms with E-state index in [0.29, 0.717) is 11.4 Å². The SMILES string of the molecule is Cc1cccc(C(O)CNC(=O)c2ccc(-c3ncon3)cc2)c1. The summed E-state index contributed by atoms with van der Waals surface area (Å²) in [5.74, 6) is 0.221. The number of aliphatic hydroxyl groups excluding tert-OH is 1. The summed E-state index contributed by atoms with van der Waals surface area (Å²) in [5, 5.41) is 16.6. The van der Waals surface area contributed by atoms with Gasteiger partial charge in [0, 0.05) is 17.7 Å². The third-order valence-corrected chi connectivity index (χ3v) is 3.65. The van der Waals surface area contributed by atoms with Gasteiger partial charge in [0.1, 0.15) is 0 Å². The second kappa shape index (κ2) is 7.06. The Morgan fingerprint density at radius 2 is 2.04 bits per heavy atom. The predicted molar refractivity (Wildman–Crippen MR) is 88.2 cm³/mol. The highest BCUT2D eigenvalue weighted by Gasteiger charge is 2.11. The van der Waals surface area contributed by atoms with E-state index < -0.39 is 6.10 Å². The maximum absolute atomic E-state index is 12.2. The first-order chi connectivity index (χ1) is 11.6. The van der Waals surface area contributed by atoms with Crippen molar-refractivity contribution in [3.63, 3.8) is 0 Å². The molecule has 1 heterocycles. The van der Waals surface area contributed by atoms with Gasteiger partial charge in [0.25, 0.3) is 5.91 Å². The Bertz CT molecular complexity index is 814. The molecule has 3 aromatic rings. The second-order valence-corrected chi connectivity index (χ2v) is 5.47. The van der Waals surface area contributed by atoms with Crippen LogP contribution in [0.15, 0.2) is 59.4 Å². The molecule has 0 aliphatic heterocycles. The van der Waals surface area contributed by atoms with Crippen LogP contribution in [0.5, 0.6) is 0 Å². The number of hydrogen-bond donors (Lipinski definition) is 2. The van der Waals surface area contributed by atoms with E-state index in [9.17, 15) is 9.90 Å². The van der Waals surface area contributed by atoms with Gasteiger partial charge < -0.3 is 14.9 Å². The van der Waals surface area contributed by atoms with Gasteiger partial charge in [0.15, 0.2) is 0 Å². The lowest BCUT2D eigenvalue weighted by atomic mass is 10.1. The third kappa shape index (κ3) is 3.67. The Kier molecular flexibility index (Phi) is 4.67. The monoisotopic (exact) mass is 323 g/mol. The Labute approximate surface area is 139 Å². The Morgan fingerprint density at radius 1 is 1.25 bits per heavy atom. The van der Waals surface area contributed by atoms with Crippen LogP contribution in [0.3, 0.4) is 0 Å². The van der Waals surface area contributed by atoms with E-state index >= 15 is 0 Å². The number of rotatable bonds is 5. The number of aliphatic hydroxyl groups is 1. The number of benzene rings is 2. The molecule has 0 fully saturated rings. The minimum atomic E-state index is -0.743. The first-order valence-electron chi connectivity index (χ1n) is 7.53. The molecule has 1 atom stereocenters. The highest BCUT2D eigenvalue weighted by atomic mass is 16.5. The molecule has 122 valence electrons. The molecule has 0 aliphatic carbocycles. The Hall–Kier alpha value is -2.99. The van der Waals surface area contributed by atoms with Gasteiger partial charge in [0.2, 0.25) is 12.2 Å². The van der Waals surface area contributed by atoms with Crippen LogP contribution in [-0.4, -0.2) is 27.7 Å². The summed E-state index contributed by atoms with van der Waals surface area (Å²) in [6.07, 6.45) is 0.510. The molecule has 6 nitrogen and oxygen atoms in total. The number of nitrogens with one attached hydrogen (secondary N) is 1. The number of amides is 1. The molecule has 0 saturated carbocycles. The molecule has 6 heteroatoms. The van der Waals surface area contributed by atoms with Crippen LogP contribution in [-0.2, 0) is 0 Å². The molecule has 1 unspecified atom stereocenters. The number of carbonyl (C=O) groups is 1. The number of hydrogen-bond acceptors (Lipinski definition) is 5. The number of aryl methyl sites for hydroxylation is 1. The molecule has 0 aliphatic rings. The van der Waals surface area contributed by atoms with Crippen molar-refractivity contribution < 1.29 is 14.4 Å². The fourth-order valence-electron chi connectivity index (χ4n) is 2.36. The van der Waals surface area contributed by atoms with Crippen LogP contribution in [0.1, 0.15) is 27.6 Å². The molecule has 2 N–H and O–H groups in total. The average Bonchev–Trinajstić information content (AvgIpc) is 3.14. The topological polar surface area (TPSA) is 88.2 Å². The summed E-state index contributed by atoms with van der Waals surface area (Å²) in [4.78, 5) is 16.1. The molecule has 2 aromatic carbocycles. The number of aromatic nitrogens is 2. The molecule has 3 rings (SSSR count). The maximum Gasteiger partial charge on any atom is 0.251 e. The van der Waals surface area contributed by atoms with Crippen LogP contribution >= 0.6 is 0 Å². The zero-order chi connectivity index (χ0) is 16.9. The van der Waals surface area contributed by atoms with Gasteiger partial charge in [-0.1, -0.05) is 47.1 Å². The Morgan fingerprint density at radius 3 is 2.71 bits per heavy atom. The van der Waals surface area contributed by atoms with Crippen LogP contribution in [0.25, 0.3) is 11.4 Å². The normalized spacial score (nSPS) is 11.9. The van der Waals surface area contributed by atoms with Crippen molar-refractivity contribution in [1.82, 2.24) is 15.5 Å². The summed E-state index contributed by atoms with van der Waals surface area (Å²) < 4.78 is 4.69. The summed E-state index contributed by atoms with van der Waals surface area (Å²) >= 11 is 0. The molecular weight excluding hydrogens is 306 g/mol. The quantitative estimate of drug-likeness (QED) is 0.753. The Balaban J connectivity index is 1.60. The standard InChI is InChI=1S/C18H17N3O3/c1-12-3-2-4-15(9-12)16(22)10-19-18(23)14-7-5-13(6-8-14)17-20-11-24-21-17/h2-9,11,16,22H,10H2,1H3,(H,19,23). The minimum Gasteiger partial charge on any atom is -0.387 e. The summed E-state index contributed by atoms with van der Waals surface area (Å²) in [6, 6.07) is 14.4. The zero-order valence-electron chi connectivity index (χ0n) is 13.1. The first-order valence-corrected chi connectivity index (χ1v) is 7.53. The van der Waals surface area contributed by atoms with E-state index in [-0.39, 0.29) is 12.5 Å². The van der Waals surface area contributed by atoms with Gasteiger partial charge in [-0.05, 0) is 24.6 Å². The van der Waals surface area contributed by atoms with Gasteiger partial charge in [-0.2, -0.15) is 4.98 Å². The minimum absolute atomic E-state index is 0.148. The highest BCUT2D eigenvalue weighted by molar-refractivity contribution is 5.94. The van der Waals surface area contributed by atoms with Gasteiger partial charge in [-0.3, -0.25) is 4.79 Å².